The van der Waals surface area contributed by atoms with Crippen molar-refractivity contribution in [3.8, 4) is 17.6 Å². The van der Waals surface area contributed by atoms with Gasteiger partial charge in [-0.25, -0.2) is 4.98 Å². The average molecular weight is 634 g/mol. The Morgan fingerprint density at radius 1 is 1.05 bits per heavy atom. The number of nitrogens with zero attached hydrogens (tertiary/aromatic N) is 6. The predicted octanol–water partition coefficient (Wildman–Crippen LogP) is 6.90. The minimum absolute atomic E-state index is 0.418. The van der Waals surface area contributed by atoms with E-state index < -0.39 is 0 Å². The molecule has 2 aromatic carbocycles. The van der Waals surface area contributed by atoms with Crippen molar-refractivity contribution in [1.82, 2.24) is 24.3 Å². The largest absolute Gasteiger partial charge is 0.493 e. The van der Waals surface area contributed by atoms with E-state index in [0.717, 1.165) is 84.7 Å². The molecule has 0 aliphatic carbocycles. The lowest BCUT2D eigenvalue weighted by Gasteiger charge is -2.33. The molecule has 1 aliphatic rings. The number of benzene rings is 2. The van der Waals surface area contributed by atoms with Crippen LogP contribution in [0, 0.1) is 25.2 Å². The van der Waals surface area contributed by atoms with Crippen molar-refractivity contribution in [2.24, 2.45) is 0 Å². The number of likely N-dealkylation sites (N-methyl/N-ethyl adjacent to an activating group) is 1. The second-order valence-electron chi connectivity index (χ2n) is 10.8. The molecule has 11 heteroatoms. The molecule has 0 unspecified atom stereocenters. The van der Waals surface area contributed by atoms with Crippen LogP contribution < -0.4 is 14.8 Å². The van der Waals surface area contributed by atoms with Gasteiger partial charge >= 0.3 is 0 Å². The molecule has 1 fully saturated rings. The SMILES string of the molecule is CCN1CCN(CCCOc2cc3ncc(C#N)c(Nc4ccc(Sc5nc(C)c(C)n5CC)c(Cl)c4)c3cc2OC)CC1. The first kappa shape index (κ1) is 31.9. The summed E-state index contributed by atoms with van der Waals surface area (Å²) in [5.74, 6) is 1.23. The topological polar surface area (TPSA) is 91.5 Å². The van der Waals surface area contributed by atoms with Crippen molar-refractivity contribution in [2.75, 3.05) is 58.3 Å². The van der Waals surface area contributed by atoms with Gasteiger partial charge in [-0.2, -0.15) is 5.26 Å². The molecule has 3 heterocycles. The number of nitriles is 1. The van der Waals surface area contributed by atoms with Crippen LogP contribution in [-0.4, -0.2) is 77.3 Å². The first-order valence-electron chi connectivity index (χ1n) is 15.1. The van der Waals surface area contributed by atoms with Crippen molar-refractivity contribution in [2.45, 2.75) is 50.7 Å². The molecular formula is C33H40ClN7O2S. The molecule has 9 nitrogen and oxygen atoms in total. The molecule has 44 heavy (non-hydrogen) atoms. The highest BCUT2D eigenvalue weighted by atomic mass is 35.5. The zero-order chi connectivity index (χ0) is 31.2. The minimum atomic E-state index is 0.418. The number of aryl methyl sites for hydroxylation is 1. The summed E-state index contributed by atoms with van der Waals surface area (Å²) in [7, 11) is 1.62. The fraction of sp³-hybridized carbons (Fsp3) is 0.424. The van der Waals surface area contributed by atoms with Gasteiger partial charge in [0.25, 0.3) is 0 Å². The molecule has 0 bridgehead atoms. The molecule has 0 saturated carbocycles. The van der Waals surface area contributed by atoms with Crippen LogP contribution in [0.5, 0.6) is 11.5 Å². The van der Waals surface area contributed by atoms with Crippen LogP contribution in [0.3, 0.4) is 0 Å². The van der Waals surface area contributed by atoms with Gasteiger partial charge in [0.05, 0.1) is 41.2 Å². The van der Waals surface area contributed by atoms with Gasteiger partial charge in [-0.05, 0) is 58.0 Å². The highest BCUT2D eigenvalue weighted by Gasteiger charge is 2.18. The number of hydrogen-bond acceptors (Lipinski definition) is 9. The smallest absolute Gasteiger partial charge is 0.173 e. The maximum atomic E-state index is 9.92. The third kappa shape index (κ3) is 7.08. The van der Waals surface area contributed by atoms with Gasteiger partial charge in [0, 0.05) is 73.2 Å². The van der Waals surface area contributed by atoms with Crippen molar-refractivity contribution in [3.05, 3.63) is 58.5 Å². The maximum Gasteiger partial charge on any atom is 0.173 e. The molecule has 0 atom stereocenters. The Kier molecular flexibility index (Phi) is 10.5. The Labute approximate surface area is 269 Å². The first-order valence-corrected chi connectivity index (χ1v) is 16.3. The van der Waals surface area contributed by atoms with Crippen molar-refractivity contribution in [1.29, 1.82) is 5.26 Å². The summed E-state index contributed by atoms with van der Waals surface area (Å²) in [6.45, 7) is 16.4. The fourth-order valence-electron chi connectivity index (χ4n) is 5.47. The van der Waals surface area contributed by atoms with E-state index in [9.17, 15) is 5.26 Å². The summed E-state index contributed by atoms with van der Waals surface area (Å²) >= 11 is 8.30. The van der Waals surface area contributed by atoms with Gasteiger partial charge in [0.1, 0.15) is 6.07 Å². The Bertz CT molecular complexity index is 1660. The van der Waals surface area contributed by atoms with E-state index in [2.05, 4.69) is 51.5 Å². The van der Waals surface area contributed by atoms with E-state index in [1.165, 1.54) is 0 Å². The van der Waals surface area contributed by atoms with Crippen LogP contribution in [0.2, 0.25) is 5.02 Å². The quantitative estimate of drug-likeness (QED) is 0.167. The molecule has 1 saturated heterocycles. The number of hydrogen-bond donors (Lipinski definition) is 1. The molecule has 1 aliphatic heterocycles. The van der Waals surface area contributed by atoms with Crippen LogP contribution in [0.4, 0.5) is 11.4 Å². The van der Waals surface area contributed by atoms with Crippen molar-refractivity contribution >= 4 is 45.6 Å². The van der Waals surface area contributed by atoms with Gasteiger partial charge in [0.15, 0.2) is 16.7 Å². The number of fused-ring (bicyclic) bond motifs is 1. The van der Waals surface area contributed by atoms with Gasteiger partial charge < -0.3 is 29.2 Å². The standard InChI is InChI=1S/C33H40ClN7O2S/c1-6-39-12-14-40(15-13-39)11-8-16-43-30-19-28-26(18-29(30)42-5)32(24(20-35)21-36-28)38-25-9-10-31(27(34)17-25)44-33-37-22(3)23(4)41(33)7-2/h9-10,17-19,21H,6-8,11-16H2,1-5H3,(H,36,38). The third-order valence-electron chi connectivity index (χ3n) is 8.20. The molecule has 232 valence electrons. The summed E-state index contributed by atoms with van der Waals surface area (Å²) in [5, 5.41) is 15.6. The molecule has 0 amide bonds. The van der Waals surface area contributed by atoms with E-state index in [1.54, 1.807) is 25.1 Å². The number of imidazole rings is 1. The lowest BCUT2D eigenvalue weighted by atomic mass is 10.1. The number of ether oxygens (including phenoxy) is 2. The van der Waals surface area contributed by atoms with Crippen LogP contribution in [0.25, 0.3) is 10.9 Å². The van der Waals surface area contributed by atoms with Crippen LogP contribution >= 0.6 is 23.4 Å². The first-order chi connectivity index (χ1) is 21.3. The monoisotopic (exact) mass is 633 g/mol. The normalized spacial score (nSPS) is 14.1. The zero-order valence-electron chi connectivity index (χ0n) is 26.1. The highest BCUT2D eigenvalue weighted by molar-refractivity contribution is 7.99. The molecule has 5 rings (SSSR count). The highest BCUT2D eigenvalue weighted by Crippen LogP contribution is 2.39. The van der Waals surface area contributed by atoms with Crippen LogP contribution in [0.15, 0.2) is 46.6 Å². The molecular weight excluding hydrogens is 594 g/mol. The molecule has 1 N–H and O–H groups in total. The number of halogens is 1. The Morgan fingerprint density at radius 2 is 1.82 bits per heavy atom. The van der Waals surface area contributed by atoms with Crippen molar-refractivity contribution in [3.63, 3.8) is 0 Å². The van der Waals surface area contributed by atoms with Gasteiger partial charge in [-0.1, -0.05) is 30.3 Å². The number of nitrogens with one attached hydrogen (secondary N) is 1. The lowest BCUT2D eigenvalue weighted by Crippen LogP contribution is -2.46. The van der Waals surface area contributed by atoms with E-state index in [4.69, 9.17) is 26.1 Å². The number of aromatic nitrogens is 3. The molecule has 0 spiro atoms. The van der Waals surface area contributed by atoms with Crippen molar-refractivity contribution < 1.29 is 9.47 Å². The summed E-state index contributed by atoms with van der Waals surface area (Å²) in [6.07, 6.45) is 2.51. The summed E-state index contributed by atoms with van der Waals surface area (Å²) in [6, 6.07) is 11.8. The predicted molar refractivity (Wildman–Crippen MR) is 178 cm³/mol. The van der Waals surface area contributed by atoms with Gasteiger partial charge in [-0.15, -0.1) is 0 Å². The number of rotatable bonds is 12. The molecule has 0 radical (unpaired) electrons. The Balaban J connectivity index is 1.32. The third-order valence-corrected chi connectivity index (χ3v) is 9.70. The average Bonchev–Trinajstić information content (AvgIpc) is 3.31. The van der Waals surface area contributed by atoms with E-state index in [1.807, 2.05) is 37.3 Å². The van der Waals surface area contributed by atoms with Crippen LogP contribution in [-0.2, 0) is 6.54 Å². The van der Waals surface area contributed by atoms with Gasteiger partial charge in [0.2, 0.25) is 0 Å². The zero-order valence-corrected chi connectivity index (χ0v) is 27.7. The van der Waals surface area contributed by atoms with E-state index in [-0.39, 0.29) is 0 Å². The summed E-state index contributed by atoms with van der Waals surface area (Å²) in [4.78, 5) is 15.2. The summed E-state index contributed by atoms with van der Waals surface area (Å²) in [5.41, 5.74) is 4.69. The second kappa shape index (κ2) is 14.5. The summed E-state index contributed by atoms with van der Waals surface area (Å²) < 4.78 is 14.1. The Hall–Kier alpha value is -3.49. The molecule has 2 aromatic heterocycles. The number of piperazine rings is 1. The minimum Gasteiger partial charge on any atom is -0.493 e. The Morgan fingerprint density at radius 3 is 2.50 bits per heavy atom. The van der Waals surface area contributed by atoms with E-state index in [0.29, 0.717) is 39.9 Å². The van der Waals surface area contributed by atoms with Crippen LogP contribution in [0.1, 0.15) is 37.2 Å². The van der Waals surface area contributed by atoms with E-state index >= 15 is 0 Å². The maximum absolute atomic E-state index is 9.92. The lowest BCUT2D eigenvalue weighted by molar-refractivity contribution is 0.130. The molecule has 4 aromatic rings. The number of pyridine rings is 1. The number of anilines is 2. The second-order valence-corrected chi connectivity index (χ2v) is 12.3. The fourth-order valence-corrected chi connectivity index (χ4v) is 6.81. The van der Waals surface area contributed by atoms with Gasteiger partial charge in [-0.3, -0.25) is 4.98 Å². The number of methoxy groups -OCH3 is 1.